The van der Waals surface area contributed by atoms with Crippen molar-refractivity contribution in [1.29, 1.82) is 0 Å². The van der Waals surface area contributed by atoms with Crippen LogP contribution in [0.1, 0.15) is 122 Å². The molecular formula is C22H43ClO2. The van der Waals surface area contributed by atoms with E-state index in [1.165, 1.54) is 96.3 Å². The lowest BCUT2D eigenvalue weighted by atomic mass is 9.98. The fourth-order valence-electron chi connectivity index (χ4n) is 3.46. The summed E-state index contributed by atoms with van der Waals surface area (Å²) in [6.45, 7) is 2.28. The first kappa shape index (κ1) is 24.8. The second-order valence-corrected chi connectivity index (χ2v) is 7.98. The number of aliphatic carboxylic acids is 1. The Kier molecular flexibility index (Phi) is 19.9. The van der Waals surface area contributed by atoms with Crippen LogP contribution in [0.25, 0.3) is 0 Å². The van der Waals surface area contributed by atoms with Crippen LogP contribution in [0, 0.1) is 5.92 Å². The van der Waals surface area contributed by atoms with E-state index in [0.717, 1.165) is 12.8 Å². The van der Waals surface area contributed by atoms with Crippen molar-refractivity contribution < 1.29 is 9.90 Å². The van der Waals surface area contributed by atoms with Crippen LogP contribution in [0.3, 0.4) is 0 Å². The summed E-state index contributed by atoms with van der Waals surface area (Å²) >= 11 is 5.65. The van der Waals surface area contributed by atoms with Gasteiger partial charge < -0.3 is 5.11 Å². The van der Waals surface area contributed by atoms with Crippen molar-refractivity contribution in [3.63, 3.8) is 0 Å². The van der Waals surface area contributed by atoms with E-state index in [4.69, 9.17) is 16.7 Å². The predicted octanol–water partition coefficient (Wildman–Crippen LogP) is 7.97. The van der Waals surface area contributed by atoms with Crippen molar-refractivity contribution in [3.8, 4) is 0 Å². The normalized spacial score (nSPS) is 12.4. The Balaban J connectivity index is 3.17. The predicted molar refractivity (Wildman–Crippen MR) is 111 cm³/mol. The SMILES string of the molecule is CCCCCCCCCCCCCCCCCCC(CCCl)C(=O)O. The van der Waals surface area contributed by atoms with Crippen LogP contribution in [0.4, 0.5) is 0 Å². The monoisotopic (exact) mass is 374 g/mol. The van der Waals surface area contributed by atoms with Crippen molar-refractivity contribution in [2.75, 3.05) is 5.88 Å². The van der Waals surface area contributed by atoms with Gasteiger partial charge in [0.05, 0.1) is 5.92 Å². The van der Waals surface area contributed by atoms with E-state index in [1.54, 1.807) is 0 Å². The standard InChI is InChI=1S/C22H43ClO2/c1-2-3-4-5-6-7-8-9-10-11-12-13-14-15-16-17-18-21(19-20-23)22(24)25/h21H,2-20H2,1H3,(H,24,25). The van der Waals surface area contributed by atoms with E-state index in [0.29, 0.717) is 12.3 Å². The van der Waals surface area contributed by atoms with Crippen molar-refractivity contribution in [1.82, 2.24) is 0 Å². The summed E-state index contributed by atoms with van der Waals surface area (Å²) in [5.74, 6) is -0.457. The molecule has 0 aromatic heterocycles. The number of hydrogen-bond acceptors (Lipinski definition) is 1. The Bertz CT molecular complexity index is 281. The fourth-order valence-corrected chi connectivity index (χ4v) is 3.73. The highest BCUT2D eigenvalue weighted by atomic mass is 35.5. The van der Waals surface area contributed by atoms with Crippen LogP contribution in [-0.4, -0.2) is 17.0 Å². The highest BCUT2D eigenvalue weighted by Crippen LogP contribution is 2.17. The topological polar surface area (TPSA) is 37.3 Å². The summed E-state index contributed by atoms with van der Waals surface area (Å²) in [6, 6.07) is 0. The average molecular weight is 375 g/mol. The van der Waals surface area contributed by atoms with Crippen LogP contribution in [-0.2, 0) is 4.79 Å². The zero-order valence-corrected chi connectivity index (χ0v) is 17.5. The van der Waals surface area contributed by atoms with Crippen LogP contribution >= 0.6 is 11.6 Å². The highest BCUT2D eigenvalue weighted by molar-refractivity contribution is 6.17. The molecule has 0 radical (unpaired) electrons. The van der Waals surface area contributed by atoms with Gasteiger partial charge in [-0.15, -0.1) is 11.6 Å². The Morgan fingerprint density at radius 3 is 1.36 bits per heavy atom. The van der Waals surface area contributed by atoms with Crippen molar-refractivity contribution in [2.45, 2.75) is 122 Å². The van der Waals surface area contributed by atoms with Crippen LogP contribution in [0.2, 0.25) is 0 Å². The molecule has 0 aliphatic carbocycles. The molecule has 0 saturated heterocycles. The van der Waals surface area contributed by atoms with Gasteiger partial charge in [-0.3, -0.25) is 4.79 Å². The molecule has 0 aliphatic rings. The molecule has 150 valence electrons. The lowest BCUT2D eigenvalue weighted by Gasteiger charge is -2.10. The second kappa shape index (κ2) is 20.1. The average Bonchev–Trinajstić information content (AvgIpc) is 2.60. The molecule has 1 atom stereocenters. The molecule has 0 aliphatic heterocycles. The number of unbranched alkanes of at least 4 members (excludes halogenated alkanes) is 15. The Morgan fingerprint density at radius 2 is 1.04 bits per heavy atom. The molecule has 0 aromatic carbocycles. The maximum absolute atomic E-state index is 11.0. The van der Waals surface area contributed by atoms with E-state index in [-0.39, 0.29) is 5.92 Å². The molecule has 2 nitrogen and oxygen atoms in total. The van der Waals surface area contributed by atoms with E-state index in [1.807, 2.05) is 0 Å². The number of hydrogen-bond donors (Lipinski definition) is 1. The number of carbonyl (C=O) groups is 1. The van der Waals surface area contributed by atoms with Gasteiger partial charge in [0.25, 0.3) is 0 Å². The molecule has 0 saturated carbocycles. The molecule has 25 heavy (non-hydrogen) atoms. The quantitative estimate of drug-likeness (QED) is 0.173. The zero-order valence-electron chi connectivity index (χ0n) is 16.7. The first-order valence-electron chi connectivity index (χ1n) is 11.0. The fraction of sp³-hybridized carbons (Fsp3) is 0.955. The van der Waals surface area contributed by atoms with Gasteiger partial charge in [0, 0.05) is 5.88 Å². The van der Waals surface area contributed by atoms with E-state index in [9.17, 15) is 4.79 Å². The smallest absolute Gasteiger partial charge is 0.306 e. The van der Waals surface area contributed by atoms with Crippen molar-refractivity contribution in [3.05, 3.63) is 0 Å². The largest absolute Gasteiger partial charge is 0.481 e. The van der Waals surface area contributed by atoms with E-state index < -0.39 is 5.97 Å². The number of halogens is 1. The molecule has 0 aromatic rings. The van der Waals surface area contributed by atoms with Crippen molar-refractivity contribution >= 4 is 17.6 Å². The molecule has 0 bridgehead atoms. The van der Waals surface area contributed by atoms with Gasteiger partial charge in [0.15, 0.2) is 0 Å². The molecule has 1 N–H and O–H groups in total. The van der Waals surface area contributed by atoms with Crippen LogP contribution in [0.5, 0.6) is 0 Å². The lowest BCUT2D eigenvalue weighted by molar-refractivity contribution is -0.142. The summed E-state index contributed by atoms with van der Waals surface area (Å²) in [5, 5.41) is 9.07. The maximum Gasteiger partial charge on any atom is 0.306 e. The third kappa shape index (κ3) is 18.4. The van der Waals surface area contributed by atoms with Gasteiger partial charge in [-0.2, -0.15) is 0 Å². The molecule has 0 amide bonds. The summed E-state index contributed by atoms with van der Waals surface area (Å²) in [5.41, 5.74) is 0. The van der Waals surface area contributed by atoms with Gasteiger partial charge in [0.1, 0.15) is 0 Å². The second-order valence-electron chi connectivity index (χ2n) is 7.60. The van der Waals surface area contributed by atoms with Gasteiger partial charge in [-0.1, -0.05) is 110 Å². The number of rotatable bonds is 20. The minimum Gasteiger partial charge on any atom is -0.481 e. The Labute approximate surface area is 162 Å². The number of carboxylic acids is 1. The minimum absolute atomic E-state index is 0.232. The molecule has 0 spiro atoms. The van der Waals surface area contributed by atoms with Gasteiger partial charge in [-0.05, 0) is 12.8 Å². The Hall–Kier alpha value is -0.240. The molecule has 0 fully saturated rings. The maximum atomic E-state index is 11.0. The van der Waals surface area contributed by atoms with Crippen LogP contribution < -0.4 is 0 Å². The van der Waals surface area contributed by atoms with Crippen LogP contribution in [0.15, 0.2) is 0 Å². The summed E-state index contributed by atoms with van der Waals surface area (Å²) in [4.78, 5) is 11.0. The molecular weight excluding hydrogens is 332 g/mol. The summed E-state index contributed by atoms with van der Waals surface area (Å²) in [7, 11) is 0. The number of alkyl halides is 1. The third-order valence-electron chi connectivity index (χ3n) is 5.21. The lowest BCUT2D eigenvalue weighted by Crippen LogP contribution is -2.14. The first-order valence-corrected chi connectivity index (χ1v) is 11.5. The molecule has 0 rings (SSSR count). The van der Waals surface area contributed by atoms with Gasteiger partial charge in [-0.25, -0.2) is 0 Å². The van der Waals surface area contributed by atoms with E-state index in [2.05, 4.69) is 6.92 Å². The highest BCUT2D eigenvalue weighted by Gasteiger charge is 2.15. The van der Waals surface area contributed by atoms with Gasteiger partial charge in [0.2, 0.25) is 0 Å². The summed E-state index contributed by atoms with van der Waals surface area (Å²) in [6.07, 6.45) is 23.0. The first-order chi connectivity index (χ1) is 12.2. The zero-order chi connectivity index (χ0) is 18.6. The molecule has 1 unspecified atom stereocenters. The van der Waals surface area contributed by atoms with Crippen molar-refractivity contribution in [2.24, 2.45) is 5.92 Å². The minimum atomic E-state index is -0.679. The van der Waals surface area contributed by atoms with E-state index >= 15 is 0 Å². The van der Waals surface area contributed by atoms with Gasteiger partial charge >= 0.3 is 5.97 Å². The molecule has 0 heterocycles. The molecule has 3 heteroatoms. The summed E-state index contributed by atoms with van der Waals surface area (Å²) < 4.78 is 0. The Morgan fingerprint density at radius 1 is 0.680 bits per heavy atom. The third-order valence-corrected chi connectivity index (χ3v) is 5.43. The number of carboxylic acid groups (broad SMARTS) is 1.